The first-order valence-corrected chi connectivity index (χ1v) is 8.95. The molecule has 3 heterocycles. The average molecular weight is 417 g/mol. The third kappa shape index (κ3) is 4.20. The number of carbonyl (C=O) groups is 3. The Hall–Kier alpha value is -3.59. The molecule has 1 saturated heterocycles. The third-order valence-electron chi connectivity index (χ3n) is 4.31. The van der Waals surface area contributed by atoms with Gasteiger partial charge in [0.1, 0.15) is 24.3 Å². The topological polar surface area (TPSA) is 156 Å². The number of carbonyl (C=O) groups excluding carboxylic acids is 3. The Morgan fingerprint density at radius 1 is 1.13 bits per heavy atom. The first-order valence-electron chi connectivity index (χ1n) is 8.95. The number of rotatable bonds is 5. The molecule has 0 aromatic carbocycles. The molecule has 4 unspecified atom stereocenters. The first-order chi connectivity index (χ1) is 14.2. The van der Waals surface area contributed by atoms with Crippen LogP contribution in [0.25, 0.3) is 11.2 Å². The second kappa shape index (κ2) is 8.42. The normalized spacial score (nSPS) is 23.0. The van der Waals surface area contributed by atoms with E-state index in [1.807, 2.05) is 6.07 Å². The Labute approximate surface area is 170 Å². The van der Waals surface area contributed by atoms with Crippen LogP contribution in [0, 0.1) is 18.3 Å². The summed E-state index contributed by atoms with van der Waals surface area (Å²) in [5, 5.41) is 9.18. The maximum Gasteiger partial charge on any atom is 0.303 e. The molecular formula is C18H19N5O7. The molecule has 158 valence electrons. The lowest BCUT2D eigenvalue weighted by atomic mass is 10.1. The van der Waals surface area contributed by atoms with E-state index in [1.54, 1.807) is 6.92 Å². The van der Waals surface area contributed by atoms with E-state index >= 15 is 0 Å². The molecular weight excluding hydrogens is 398 g/mol. The molecule has 0 amide bonds. The molecule has 1 aliphatic heterocycles. The third-order valence-corrected chi connectivity index (χ3v) is 4.31. The van der Waals surface area contributed by atoms with Crippen LogP contribution in [0.2, 0.25) is 0 Å². The van der Waals surface area contributed by atoms with Gasteiger partial charge in [0.05, 0.1) is 12.0 Å². The van der Waals surface area contributed by atoms with Gasteiger partial charge in [0.25, 0.3) is 0 Å². The van der Waals surface area contributed by atoms with Crippen LogP contribution < -0.4 is 0 Å². The number of nitriles is 1. The SMILES string of the molecule is CC(=O)OCC1OC(n2cnc3c(C)nc(C#N)nc32)C(OC(C)=O)C1OC(C)=O. The second-order valence-electron chi connectivity index (χ2n) is 6.58. The van der Waals surface area contributed by atoms with Gasteiger partial charge in [-0.2, -0.15) is 10.2 Å². The lowest BCUT2D eigenvalue weighted by Crippen LogP contribution is -2.40. The fourth-order valence-corrected chi connectivity index (χ4v) is 3.21. The van der Waals surface area contributed by atoms with Crippen molar-refractivity contribution >= 4 is 29.1 Å². The number of ether oxygens (including phenoxy) is 4. The molecule has 30 heavy (non-hydrogen) atoms. The fourth-order valence-electron chi connectivity index (χ4n) is 3.21. The van der Waals surface area contributed by atoms with Crippen LogP contribution in [0.4, 0.5) is 0 Å². The van der Waals surface area contributed by atoms with Crippen molar-refractivity contribution in [2.24, 2.45) is 0 Å². The second-order valence-corrected chi connectivity index (χ2v) is 6.58. The highest BCUT2D eigenvalue weighted by Gasteiger charge is 2.51. The van der Waals surface area contributed by atoms with E-state index in [0.717, 1.165) is 0 Å². The van der Waals surface area contributed by atoms with Crippen molar-refractivity contribution in [3.63, 3.8) is 0 Å². The number of fused-ring (bicyclic) bond motifs is 1. The van der Waals surface area contributed by atoms with E-state index in [9.17, 15) is 19.6 Å². The van der Waals surface area contributed by atoms with Crippen molar-refractivity contribution in [1.29, 1.82) is 5.26 Å². The minimum atomic E-state index is -1.08. The largest absolute Gasteiger partial charge is 0.463 e. The molecule has 2 aromatic heterocycles. The predicted molar refractivity (Wildman–Crippen MR) is 96.4 cm³/mol. The molecule has 0 radical (unpaired) electrons. The van der Waals surface area contributed by atoms with Gasteiger partial charge >= 0.3 is 17.9 Å². The molecule has 0 bridgehead atoms. The maximum atomic E-state index is 11.7. The molecule has 12 nitrogen and oxygen atoms in total. The summed E-state index contributed by atoms with van der Waals surface area (Å²) in [6, 6.07) is 1.87. The lowest BCUT2D eigenvalue weighted by molar-refractivity contribution is -0.166. The molecule has 0 saturated carbocycles. The van der Waals surface area contributed by atoms with Gasteiger partial charge in [-0.1, -0.05) is 0 Å². The van der Waals surface area contributed by atoms with E-state index in [0.29, 0.717) is 11.2 Å². The van der Waals surface area contributed by atoms with Crippen LogP contribution in [0.1, 0.15) is 38.5 Å². The van der Waals surface area contributed by atoms with E-state index in [2.05, 4.69) is 15.0 Å². The number of nitrogens with zero attached hydrogens (tertiary/aromatic N) is 5. The van der Waals surface area contributed by atoms with Crippen molar-refractivity contribution in [1.82, 2.24) is 19.5 Å². The highest BCUT2D eigenvalue weighted by Crippen LogP contribution is 2.36. The molecule has 0 spiro atoms. The molecule has 4 atom stereocenters. The fraction of sp³-hybridized carbons (Fsp3) is 0.500. The summed E-state index contributed by atoms with van der Waals surface area (Å²) in [7, 11) is 0. The average Bonchev–Trinajstić information content (AvgIpc) is 3.21. The molecule has 3 rings (SSSR count). The van der Waals surface area contributed by atoms with E-state index in [4.69, 9.17) is 18.9 Å². The first kappa shape index (κ1) is 21.1. The Morgan fingerprint density at radius 3 is 2.40 bits per heavy atom. The van der Waals surface area contributed by atoms with Gasteiger partial charge in [0.15, 0.2) is 24.1 Å². The van der Waals surface area contributed by atoms with Crippen LogP contribution in [0.3, 0.4) is 0 Å². The standard InChI is InChI=1S/C18H19N5O7/c1-8-14-17(22-13(5-19)21-8)23(7-20-14)18-16(29-11(4)26)15(28-10(3)25)12(30-18)6-27-9(2)24/h7,12,15-16,18H,6H2,1-4H3. The quantitative estimate of drug-likeness (QED) is 0.488. The zero-order valence-corrected chi connectivity index (χ0v) is 16.7. The zero-order valence-electron chi connectivity index (χ0n) is 16.7. The molecule has 2 aromatic rings. The highest BCUT2D eigenvalue weighted by atomic mass is 16.7. The van der Waals surface area contributed by atoms with Crippen molar-refractivity contribution in [2.75, 3.05) is 6.61 Å². The molecule has 0 aliphatic carbocycles. The molecule has 12 heteroatoms. The van der Waals surface area contributed by atoms with Crippen LogP contribution >= 0.6 is 0 Å². The van der Waals surface area contributed by atoms with Gasteiger partial charge in [-0.3, -0.25) is 19.0 Å². The smallest absolute Gasteiger partial charge is 0.303 e. The number of aromatic nitrogens is 4. The predicted octanol–water partition coefficient (Wildman–Crippen LogP) is 0.330. The Balaban J connectivity index is 2.07. The minimum absolute atomic E-state index is 0.0724. The lowest BCUT2D eigenvalue weighted by Gasteiger charge is -2.23. The van der Waals surface area contributed by atoms with E-state index in [-0.39, 0.29) is 18.1 Å². The summed E-state index contributed by atoms with van der Waals surface area (Å²) in [5.74, 6) is -1.89. The van der Waals surface area contributed by atoms with Gasteiger partial charge in [0, 0.05) is 20.8 Å². The van der Waals surface area contributed by atoms with Gasteiger partial charge in [-0.25, -0.2) is 9.97 Å². The van der Waals surface area contributed by atoms with Crippen LogP contribution in [-0.4, -0.2) is 62.3 Å². The Bertz CT molecular complexity index is 1040. The summed E-state index contributed by atoms with van der Waals surface area (Å²) < 4.78 is 23.1. The van der Waals surface area contributed by atoms with Gasteiger partial charge in [-0.05, 0) is 6.92 Å². The minimum Gasteiger partial charge on any atom is -0.463 e. The summed E-state index contributed by atoms with van der Waals surface area (Å²) >= 11 is 0. The highest BCUT2D eigenvalue weighted by molar-refractivity contribution is 5.74. The van der Waals surface area contributed by atoms with E-state index in [1.165, 1.54) is 31.7 Å². The number of hydrogen-bond acceptors (Lipinski definition) is 11. The summed E-state index contributed by atoms with van der Waals surface area (Å²) in [5.41, 5.74) is 1.17. The maximum absolute atomic E-state index is 11.7. The molecule has 1 fully saturated rings. The van der Waals surface area contributed by atoms with Crippen molar-refractivity contribution in [3.8, 4) is 6.07 Å². The monoisotopic (exact) mass is 417 g/mol. The molecule has 0 N–H and O–H groups in total. The summed E-state index contributed by atoms with van der Waals surface area (Å²) in [6.45, 7) is 5.07. The van der Waals surface area contributed by atoms with Crippen LogP contribution in [0.5, 0.6) is 0 Å². The van der Waals surface area contributed by atoms with Gasteiger partial charge in [-0.15, -0.1) is 0 Å². The molecule has 1 aliphatic rings. The summed E-state index contributed by atoms with van der Waals surface area (Å²) in [6.07, 6.45) is -2.65. The van der Waals surface area contributed by atoms with Crippen LogP contribution in [0.15, 0.2) is 6.33 Å². The van der Waals surface area contributed by atoms with Crippen LogP contribution in [-0.2, 0) is 33.3 Å². The number of esters is 3. The van der Waals surface area contributed by atoms with Gasteiger partial charge in [0.2, 0.25) is 5.82 Å². The van der Waals surface area contributed by atoms with Crippen molar-refractivity contribution in [2.45, 2.75) is 52.2 Å². The van der Waals surface area contributed by atoms with Crippen molar-refractivity contribution < 1.29 is 33.3 Å². The van der Waals surface area contributed by atoms with Gasteiger partial charge < -0.3 is 18.9 Å². The zero-order chi connectivity index (χ0) is 22.0. The van der Waals surface area contributed by atoms with Crippen molar-refractivity contribution in [3.05, 3.63) is 17.8 Å². The van der Waals surface area contributed by atoms with E-state index < -0.39 is 42.4 Å². The number of imidazole rings is 1. The number of aryl methyl sites for hydroxylation is 1. The Morgan fingerprint density at radius 2 is 1.80 bits per heavy atom. The summed E-state index contributed by atoms with van der Waals surface area (Å²) in [4.78, 5) is 47.1. The number of hydrogen-bond donors (Lipinski definition) is 0. The Kier molecular flexibility index (Phi) is 5.93.